The number of nitrogens with zero attached hydrogens (tertiary/aromatic N) is 1. The number of esters is 1. The number of carbonyl (C=O) groups excluding carboxylic acids is 4. The van der Waals surface area contributed by atoms with Crippen LogP contribution in [0.3, 0.4) is 0 Å². The number of ether oxygens (including phenoxy) is 4. The van der Waals surface area contributed by atoms with Gasteiger partial charge in [0.25, 0.3) is 11.7 Å². The Bertz CT molecular complexity index is 1500. The lowest BCUT2D eigenvalue weighted by atomic mass is 9.78. The number of piperidine rings is 1. The first kappa shape index (κ1) is 47.9. The minimum atomic E-state index is -2.50. The van der Waals surface area contributed by atoms with Gasteiger partial charge in [-0.15, -0.1) is 6.58 Å². The van der Waals surface area contributed by atoms with E-state index in [0.29, 0.717) is 62.5 Å². The van der Waals surface area contributed by atoms with Gasteiger partial charge in [0.2, 0.25) is 5.79 Å². The molecule has 3 heterocycles. The highest BCUT2D eigenvalue weighted by molar-refractivity contribution is 6.39. The van der Waals surface area contributed by atoms with E-state index >= 15 is 0 Å². The number of Topliss-reactive ketones (excluding diaryl/α,β-unsaturated/α-hetero) is 2. The quantitative estimate of drug-likeness (QED) is 0.159. The number of aliphatic hydroxyl groups excluding tert-OH is 3. The molecule has 1 aliphatic carbocycles. The Kier molecular flexibility index (Phi) is 17.9. The predicted molar refractivity (Wildman–Crippen MR) is 217 cm³/mol. The van der Waals surface area contributed by atoms with E-state index in [9.17, 15) is 39.6 Å². The molecule has 0 aromatic carbocycles. The van der Waals surface area contributed by atoms with Crippen LogP contribution >= 0.6 is 0 Å². The fourth-order valence-corrected chi connectivity index (χ4v) is 9.65. The standard InChI is InChI=1S/C45H71NO12/c1-9-12-32-20-27(3)19-26(2)14-17-38(55-7)41-39(56-8)22-29(5)45(54,58-41)42(51)43(52)46-18-11-10-13-34(46)44(53)57-40(30(6)36(49)24-37(32)50)28(4)21-31-15-16-35(48)33(23-31)25-47/h9,20-21,26-27,29-31,33-36,38-41,47-49,54H,1,10-19,22-25H2,2-8H3/b28-21?,32-20+/t26-,27?,29-,30-,31+,33+,34+,35-,36?,38+,39+,40-,41-,45-/m1/s1. The Morgan fingerprint density at radius 2 is 1.66 bits per heavy atom. The van der Waals surface area contributed by atoms with Crippen molar-refractivity contribution in [1.29, 1.82) is 0 Å². The number of rotatable bonds is 7. The molecule has 58 heavy (non-hydrogen) atoms. The summed E-state index contributed by atoms with van der Waals surface area (Å²) in [6.07, 6.45) is 5.96. The van der Waals surface area contributed by atoms with Crippen LogP contribution in [0.15, 0.2) is 36.0 Å². The average Bonchev–Trinajstić information content (AvgIpc) is 3.20. The lowest BCUT2D eigenvalue weighted by molar-refractivity contribution is -0.302. The molecule has 0 aromatic heterocycles. The van der Waals surface area contributed by atoms with E-state index in [1.165, 1.54) is 19.1 Å². The van der Waals surface area contributed by atoms with Gasteiger partial charge in [-0.3, -0.25) is 14.4 Å². The molecule has 4 aliphatic rings. The summed E-state index contributed by atoms with van der Waals surface area (Å²) in [6.45, 7) is 13.1. The maximum Gasteiger partial charge on any atom is 0.329 e. The number of hydrogen-bond acceptors (Lipinski definition) is 12. The van der Waals surface area contributed by atoms with Crippen molar-refractivity contribution in [1.82, 2.24) is 4.90 Å². The summed E-state index contributed by atoms with van der Waals surface area (Å²) in [6, 6.07) is -1.16. The van der Waals surface area contributed by atoms with E-state index in [2.05, 4.69) is 13.5 Å². The van der Waals surface area contributed by atoms with E-state index in [4.69, 9.17) is 18.9 Å². The monoisotopic (exact) mass is 817 g/mol. The first-order valence-corrected chi connectivity index (χ1v) is 21.5. The second-order valence-electron chi connectivity index (χ2n) is 17.8. The van der Waals surface area contributed by atoms with E-state index in [1.54, 1.807) is 26.8 Å². The Balaban J connectivity index is 1.77. The number of methoxy groups -OCH3 is 2. The highest BCUT2D eigenvalue weighted by Crippen LogP contribution is 2.39. The van der Waals surface area contributed by atoms with Gasteiger partial charge < -0.3 is 44.3 Å². The number of aliphatic hydroxyl groups is 4. The Morgan fingerprint density at radius 1 is 0.948 bits per heavy atom. The molecule has 13 nitrogen and oxygen atoms in total. The van der Waals surface area contributed by atoms with Crippen LogP contribution in [0.2, 0.25) is 0 Å². The van der Waals surface area contributed by atoms with Crippen LogP contribution in [0.25, 0.3) is 0 Å². The van der Waals surface area contributed by atoms with Gasteiger partial charge in [-0.2, -0.15) is 0 Å². The molecule has 328 valence electrons. The van der Waals surface area contributed by atoms with Crippen LogP contribution in [0.5, 0.6) is 0 Å². The fourth-order valence-electron chi connectivity index (χ4n) is 9.65. The van der Waals surface area contributed by atoms with Crippen molar-refractivity contribution in [2.75, 3.05) is 27.4 Å². The lowest BCUT2D eigenvalue weighted by Crippen LogP contribution is -2.64. The van der Waals surface area contributed by atoms with Crippen LogP contribution in [-0.4, -0.2) is 125 Å². The van der Waals surface area contributed by atoms with Crippen LogP contribution in [0.4, 0.5) is 0 Å². The van der Waals surface area contributed by atoms with Crippen LogP contribution in [0.1, 0.15) is 112 Å². The zero-order valence-corrected chi connectivity index (χ0v) is 35.8. The minimum absolute atomic E-state index is 0.00336. The normalized spacial score (nSPS) is 40.7. The maximum absolute atomic E-state index is 14.3. The van der Waals surface area contributed by atoms with Crippen LogP contribution in [-0.2, 0) is 38.1 Å². The summed E-state index contributed by atoms with van der Waals surface area (Å²) in [5, 5.41) is 44.0. The topological polar surface area (TPSA) is 189 Å². The smallest absolute Gasteiger partial charge is 0.329 e. The van der Waals surface area contributed by atoms with Gasteiger partial charge in [0.1, 0.15) is 18.2 Å². The summed E-state index contributed by atoms with van der Waals surface area (Å²) in [5.74, 6) is -7.49. The van der Waals surface area contributed by atoms with Crippen molar-refractivity contribution in [3.8, 4) is 0 Å². The lowest BCUT2D eigenvalue weighted by Gasteiger charge is -2.46. The highest BCUT2D eigenvalue weighted by Gasteiger charge is 2.56. The van der Waals surface area contributed by atoms with Gasteiger partial charge in [-0.25, -0.2) is 4.79 Å². The predicted octanol–water partition coefficient (Wildman–Crippen LogP) is 4.62. The SMILES string of the molecule is C=CC/C1=C\C(C)C[C@H](C)CC[C@H](OC)[C@H]2O[C@@](O)(C(=O)C(=O)N3CCCC[C@H]3C(=O)O[C@H](C(C)=C[C@@H]3CC[C@@H](O)[C@H](CO)C3)[C@H](C)C(O)CC1=O)[C@H](C)C[C@@H]2OC. The molecule has 14 atom stereocenters. The third-order valence-corrected chi connectivity index (χ3v) is 13.3. The van der Waals surface area contributed by atoms with Crippen molar-refractivity contribution in [3.63, 3.8) is 0 Å². The summed E-state index contributed by atoms with van der Waals surface area (Å²) in [7, 11) is 3.07. The molecule has 4 N–H and O–H groups in total. The van der Waals surface area contributed by atoms with Crippen molar-refractivity contribution in [2.24, 2.45) is 35.5 Å². The molecule has 0 spiro atoms. The van der Waals surface area contributed by atoms with Gasteiger partial charge in [0.15, 0.2) is 5.78 Å². The zero-order valence-electron chi connectivity index (χ0n) is 35.8. The Hall–Kier alpha value is -2.78. The number of allylic oxidation sites excluding steroid dienone is 4. The third-order valence-electron chi connectivity index (χ3n) is 13.3. The van der Waals surface area contributed by atoms with Gasteiger partial charge >= 0.3 is 5.97 Å². The summed E-state index contributed by atoms with van der Waals surface area (Å²) in [5.41, 5.74) is 1.17. The molecule has 3 aliphatic heterocycles. The second kappa shape index (κ2) is 21.7. The molecule has 2 bridgehead atoms. The fraction of sp³-hybridized carbons (Fsp3) is 0.778. The number of carbonyl (C=O) groups is 4. The summed E-state index contributed by atoms with van der Waals surface area (Å²) < 4.78 is 24.2. The van der Waals surface area contributed by atoms with Gasteiger partial charge in [-0.1, -0.05) is 45.9 Å². The Morgan fingerprint density at radius 3 is 2.31 bits per heavy atom. The van der Waals surface area contributed by atoms with Gasteiger partial charge in [-0.05, 0) is 106 Å². The largest absolute Gasteiger partial charge is 0.456 e. The van der Waals surface area contributed by atoms with Crippen molar-refractivity contribution in [2.45, 2.75) is 160 Å². The second-order valence-corrected chi connectivity index (χ2v) is 17.8. The number of cyclic esters (lactones) is 1. The number of amides is 1. The summed E-state index contributed by atoms with van der Waals surface area (Å²) >= 11 is 0. The van der Waals surface area contributed by atoms with Crippen molar-refractivity contribution < 1.29 is 58.6 Å². The molecule has 0 radical (unpaired) electrons. The van der Waals surface area contributed by atoms with E-state index < -0.39 is 77.9 Å². The van der Waals surface area contributed by atoms with Crippen LogP contribution < -0.4 is 0 Å². The van der Waals surface area contributed by atoms with Gasteiger partial charge in [0.05, 0.1) is 24.4 Å². The van der Waals surface area contributed by atoms with Crippen molar-refractivity contribution in [3.05, 3.63) is 36.0 Å². The highest BCUT2D eigenvalue weighted by atomic mass is 16.7. The van der Waals surface area contributed by atoms with E-state index in [0.717, 1.165) is 6.42 Å². The summed E-state index contributed by atoms with van der Waals surface area (Å²) in [4.78, 5) is 57.8. The molecule has 1 amide bonds. The molecule has 1 saturated carbocycles. The average molecular weight is 818 g/mol. The minimum Gasteiger partial charge on any atom is -0.456 e. The first-order chi connectivity index (χ1) is 27.5. The Labute approximate surface area is 345 Å². The first-order valence-electron chi connectivity index (χ1n) is 21.5. The molecule has 2 unspecified atom stereocenters. The third kappa shape index (κ3) is 11.5. The van der Waals surface area contributed by atoms with E-state index in [-0.39, 0.29) is 61.9 Å². The molecule has 0 aromatic rings. The zero-order chi connectivity index (χ0) is 42.9. The molecule has 2 saturated heterocycles. The molecular weight excluding hydrogens is 746 g/mol. The molecular formula is C45H71NO12. The van der Waals surface area contributed by atoms with E-state index in [1.807, 2.05) is 19.1 Å². The number of fused-ring (bicyclic) bond motifs is 3. The number of hydrogen-bond donors (Lipinski definition) is 4. The maximum atomic E-state index is 14.3. The molecule has 4 rings (SSSR count). The van der Waals surface area contributed by atoms with Gasteiger partial charge in [0, 0.05) is 51.5 Å². The number of ketones is 2. The molecule has 13 heteroatoms. The van der Waals surface area contributed by atoms with Crippen LogP contribution in [0, 0.1) is 35.5 Å². The van der Waals surface area contributed by atoms with Crippen molar-refractivity contribution >= 4 is 23.4 Å². The molecule has 3 fully saturated rings.